The molecular formula is C21H30N6O2S. The van der Waals surface area contributed by atoms with Crippen LogP contribution in [0.3, 0.4) is 0 Å². The van der Waals surface area contributed by atoms with E-state index in [1.165, 1.54) is 0 Å². The molecule has 9 heteroatoms. The Balaban J connectivity index is 1.73. The van der Waals surface area contributed by atoms with Gasteiger partial charge in [0.15, 0.2) is 11.0 Å². The Hall–Kier alpha value is -2.39. The van der Waals surface area contributed by atoms with Gasteiger partial charge in [0.1, 0.15) is 5.75 Å². The Morgan fingerprint density at radius 1 is 1.10 bits per heavy atom. The molecule has 0 saturated carbocycles. The van der Waals surface area contributed by atoms with Gasteiger partial charge in [-0.3, -0.25) is 4.90 Å². The average Bonchev–Trinajstić information content (AvgIpc) is 3.38. The minimum Gasteiger partial charge on any atom is -0.497 e. The summed E-state index contributed by atoms with van der Waals surface area (Å²) < 4.78 is 13.3. The van der Waals surface area contributed by atoms with Crippen molar-refractivity contribution in [3.63, 3.8) is 0 Å². The van der Waals surface area contributed by atoms with Gasteiger partial charge in [-0.25, -0.2) is 0 Å². The highest BCUT2D eigenvalue weighted by Crippen LogP contribution is 2.28. The molecule has 162 valence electrons. The van der Waals surface area contributed by atoms with Crippen molar-refractivity contribution in [1.82, 2.24) is 29.9 Å². The smallest absolute Gasteiger partial charge is 0.247 e. The van der Waals surface area contributed by atoms with E-state index in [1.54, 1.807) is 18.9 Å². The molecule has 0 spiro atoms. The van der Waals surface area contributed by atoms with Crippen LogP contribution in [0.5, 0.6) is 5.75 Å². The van der Waals surface area contributed by atoms with E-state index in [4.69, 9.17) is 9.15 Å². The molecule has 8 nitrogen and oxygen atoms in total. The molecule has 3 rings (SSSR count). The minimum absolute atomic E-state index is 0.244. The van der Waals surface area contributed by atoms with Crippen LogP contribution >= 0.6 is 11.8 Å². The molecule has 30 heavy (non-hydrogen) atoms. The number of hydrogen-bond acceptors (Lipinski definition) is 8. The standard InChI is InChI=1S/C21H30N6O2S/c1-6-8-13-27-19(17(7-2)26(3)4)23-25-21(27)30-14-18-22-24-20(29-18)15-9-11-16(28-5)12-10-15/h9-12,17H,6-8,13-14H2,1-5H3/t17-/m0/s1. The van der Waals surface area contributed by atoms with E-state index < -0.39 is 0 Å². The predicted octanol–water partition coefficient (Wildman–Crippen LogP) is 4.44. The lowest BCUT2D eigenvalue weighted by molar-refractivity contribution is 0.270. The van der Waals surface area contributed by atoms with Crippen LogP contribution in [0.4, 0.5) is 0 Å². The van der Waals surface area contributed by atoms with Crippen LogP contribution in [0.25, 0.3) is 11.5 Å². The highest BCUT2D eigenvalue weighted by Gasteiger charge is 2.22. The van der Waals surface area contributed by atoms with Crippen molar-refractivity contribution in [3.8, 4) is 17.2 Å². The Bertz CT molecular complexity index is 922. The summed E-state index contributed by atoms with van der Waals surface area (Å²) in [6.07, 6.45) is 3.19. The Morgan fingerprint density at radius 3 is 2.50 bits per heavy atom. The van der Waals surface area contributed by atoms with Crippen LogP contribution in [0.1, 0.15) is 50.9 Å². The molecule has 0 aliphatic heterocycles. The summed E-state index contributed by atoms with van der Waals surface area (Å²) in [5.74, 6) is 3.42. The monoisotopic (exact) mass is 430 g/mol. The fraction of sp³-hybridized carbons (Fsp3) is 0.524. The van der Waals surface area contributed by atoms with Gasteiger partial charge < -0.3 is 13.7 Å². The van der Waals surface area contributed by atoms with Crippen LogP contribution in [-0.2, 0) is 12.3 Å². The summed E-state index contributed by atoms with van der Waals surface area (Å²) >= 11 is 1.58. The molecule has 0 aliphatic rings. The number of rotatable bonds is 11. The SMILES string of the molecule is CCCCn1c(SCc2nnc(-c3ccc(OC)cc3)o2)nnc1[C@H](CC)N(C)C. The van der Waals surface area contributed by atoms with E-state index in [0.29, 0.717) is 17.5 Å². The normalized spacial score (nSPS) is 12.5. The van der Waals surface area contributed by atoms with Gasteiger partial charge in [0.25, 0.3) is 0 Å². The zero-order chi connectivity index (χ0) is 21.5. The fourth-order valence-electron chi connectivity index (χ4n) is 3.25. The van der Waals surface area contributed by atoms with Crippen molar-refractivity contribution in [2.24, 2.45) is 0 Å². The molecule has 0 saturated heterocycles. The van der Waals surface area contributed by atoms with Gasteiger partial charge in [-0.05, 0) is 51.2 Å². The summed E-state index contributed by atoms with van der Waals surface area (Å²) in [4.78, 5) is 2.19. The van der Waals surface area contributed by atoms with Gasteiger partial charge in [0.2, 0.25) is 11.8 Å². The van der Waals surface area contributed by atoms with E-state index >= 15 is 0 Å². The lowest BCUT2D eigenvalue weighted by Gasteiger charge is -2.23. The largest absolute Gasteiger partial charge is 0.497 e. The van der Waals surface area contributed by atoms with Crippen LogP contribution in [-0.4, -0.2) is 51.1 Å². The van der Waals surface area contributed by atoms with E-state index in [9.17, 15) is 0 Å². The molecule has 0 bridgehead atoms. The molecule has 0 radical (unpaired) electrons. The van der Waals surface area contributed by atoms with E-state index in [-0.39, 0.29) is 6.04 Å². The second kappa shape index (κ2) is 10.6. The molecule has 2 aromatic heterocycles. The quantitative estimate of drug-likeness (QED) is 0.413. The van der Waals surface area contributed by atoms with Crippen LogP contribution < -0.4 is 4.74 Å². The molecule has 0 unspecified atom stereocenters. The minimum atomic E-state index is 0.244. The number of thioether (sulfide) groups is 1. The van der Waals surface area contributed by atoms with Gasteiger partial charge >= 0.3 is 0 Å². The second-order valence-corrected chi connectivity index (χ2v) is 8.19. The number of ether oxygens (including phenoxy) is 1. The average molecular weight is 431 g/mol. The first kappa shape index (κ1) is 22.3. The van der Waals surface area contributed by atoms with Gasteiger partial charge in [-0.1, -0.05) is 32.0 Å². The van der Waals surface area contributed by atoms with Crippen molar-refractivity contribution in [1.29, 1.82) is 0 Å². The first-order chi connectivity index (χ1) is 14.6. The maximum atomic E-state index is 5.85. The number of methoxy groups -OCH3 is 1. The summed E-state index contributed by atoms with van der Waals surface area (Å²) in [5, 5.41) is 18.2. The Kier molecular flexibility index (Phi) is 7.87. The molecule has 0 aliphatic carbocycles. The number of hydrogen-bond donors (Lipinski definition) is 0. The van der Waals surface area contributed by atoms with E-state index in [1.807, 2.05) is 24.3 Å². The number of benzene rings is 1. The Morgan fingerprint density at radius 2 is 1.87 bits per heavy atom. The van der Waals surface area contributed by atoms with Crippen molar-refractivity contribution in [2.45, 2.75) is 56.6 Å². The molecule has 0 fully saturated rings. The zero-order valence-corrected chi connectivity index (χ0v) is 19.1. The molecule has 1 atom stereocenters. The zero-order valence-electron chi connectivity index (χ0n) is 18.3. The number of nitrogens with zero attached hydrogens (tertiary/aromatic N) is 6. The highest BCUT2D eigenvalue weighted by molar-refractivity contribution is 7.98. The second-order valence-electron chi connectivity index (χ2n) is 7.25. The molecule has 3 aromatic rings. The van der Waals surface area contributed by atoms with Crippen LogP contribution in [0.2, 0.25) is 0 Å². The lowest BCUT2D eigenvalue weighted by Crippen LogP contribution is -2.23. The Labute approximate surface area is 182 Å². The summed E-state index contributed by atoms with van der Waals surface area (Å²) in [6.45, 7) is 5.28. The molecule has 2 heterocycles. The first-order valence-electron chi connectivity index (χ1n) is 10.3. The molecule has 0 amide bonds. The third-order valence-electron chi connectivity index (χ3n) is 4.92. The number of unbranched alkanes of at least 4 members (excludes halogenated alkanes) is 1. The summed E-state index contributed by atoms with van der Waals surface area (Å²) in [7, 11) is 5.81. The summed E-state index contributed by atoms with van der Waals surface area (Å²) in [6, 6.07) is 7.81. The lowest BCUT2D eigenvalue weighted by atomic mass is 10.2. The van der Waals surface area contributed by atoms with Crippen LogP contribution in [0.15, 0.2) is 33.8 Å². The maximum absolute atomic E-state index is 5.85. The van der Waals surface area contributed by atoms with Crippen molar-refractivity contribution >= 4 is 11.8 Å². The highest BCUT2D eigenvalue weighted by atomic mass is 32.2. The van der Waals surface area contributed by atoms with Gasteiger partial charge in [0, 0.05) is 12.1 Å². The molecular weight excluding hydrogens is 400 g/mol. The van der Waals surface area contributed by atoms with Crippen LogP contribution in [0, 0.1) is 0 Å². The predicted molar refractivity (Wildman–Crippen MR) is 117 cm³/mol. The van der Waals surface area contributed by atoms with Crippen molar-refractivity contribution in [3.05, 3.63) is 36.0 Å². The topological polar surface area (TPSA) is 82.1 Å². The van der Waals surface area contributed by atoms with Crippen molar-refractivity contribution < 1.29 is 9.15 Å². The van der Waals surface area contributed by atoms with E-state index in [2.05, 4.69) is 57.8 Å². The summed E-state index contributed by atoms with van der Waals surface area (Å²) in [5.41, 5.74) is 0.865. The van der Waals surface area contributed by atoms with Crippen molar-refractivity contribution in [2.75, 3.05) is 21.2 Å². The maximum Gasteiger partial charge on any atom is 0.247 e. The third-order valence-corrected chi connectivity index (χ3v) is 5.87. The van der Waals surface area contributed by atoms with Gasteiger partial charge in [0.05, 0.1) is 18.9 Å². The number of aromatic nitrogens is 5. The van der Waals surface area contributed by atoms with Gasteiger partial charge in [-0.2, -0.15) is 0 Å². The molecule has 1 aromatic carbocycles. The van der Waals surface area contributed by atoms with Gasteiger partial charge in [-0.15, -0.1) is 20.4 Å². The third kappa shape index (κ3) is 5.20. The van der Waals surface area contributed by atoms with E-state index in [0.717, 1.165) is 48.1 Å². The fourth-order valence-corrected chi connectivity index (χ4v) is 4.06. The molecule has 0 N–H and O–H groups in total. The first-order valence-corrected chi connectivity index (χ1v) is 11.2.